The maximum atomic E-state index is 12.3. The first-order chi connectivity index (χ1) is 17.2. The van der Waals surface area contributed by atoms with Crippen molar-refractivity contribution >= 4 is 46.6 Å². The number of carbonyl (C=O) groups is 2. The van der Waals surface area contributed by atoms with Gasteiger partial charge in [0.1, 0.15) is 17.6 Å². The molecular weight excluding hydrogens is 513 g/mol. The molecule has 0 bridgehead atoms. The number of amides is 2. The van der Waals surface area contributed by atoms with Gasteiger partial charge in [-0.15, -0.1) is 0 Å². The molecule has 11 nitrogen and oxygen atoms in total. The Morgan fingerprint density at radius 2 is 1.86 bits per heavy atom. The molecule has 184 valence electrons. The van der Waals surface area contributed by atoms with Crippen LogP contribution in [0.1, 0.15) is 5.56 Å². The van der Waals surface area contributed by atoms with Crippen LogP contribution < -0.4 is 25.8 Å². The van der Waals surface area contributed by atoms with Gasteiger partial charge in [-0.2, -0.15) is 10.4 Å². The van der Waals surface area contributed by atoms with Crippen LogP contribution in [0, 0.1) is 11.3 Å². The molecule has 1 aromatic heterocycles. The normalized spacial score (nSPS) is 10.8. The summed E-state index contributed by atoms with van der Waals surface area (Å²) in [6.45, 7) is 0.270. The number of benzene rings is 2. The first kappa shape index (κ1) is 26.1. The van der Waals surface area contributed by atoms with E-state index in [9.17, 15) is 14.4 Å². The van der Waals surface area contributed by atoms with Crippen molar-refractivity contribution in [3.05, 3.63) is 80.7 Å². The second-order valence-corrected chi connectivity index (χ2v) is 7.81. The summed E-state index contributed by atoms with van der Waals surface area (Å²) >= 11 is 12.6. The molecule has 0 atom stereocenters. The number of nitrogens with one attached hydrogen (secondary N) is 2. The van der Waals surface area contributed by atoms with Gasteiger partial charge in [-0.25, -0.2) is 4.79 Å². The van der Waals surface area contributed by atoms with Crippen LogP contribution in [0.4, 0.5) is 10.5 Å². The Morgan fingerprint density at radius 3 is 2.50 bits per heavy atom. The molecule has 0 aliphatic rings. The molecule has 3 aromatic rings. The van der Waals surface area contributed by atoms with E-state index < -0.39 is 17.7 Å². The molecule has 0 fully saturated rings. The molecule has 0 unspecified atom stereocenters. The Bertz CT molecular complexity index is 1420. The number of pyridine rings is 1. The average Bonchev–Trinajstić information content (AvgIpc) is 2.83. The Labute approximate surface area is 214 Å². The van der Waals surface area contributed by atoms with E-state index >= 15 is 0 Å². The number of carboxylic acid groups (broad SMARTS) is 1. The molecule has 0 saturated heterocycles. The number of nitriles is 1. The molecule has 2 amide bonds. The lowest BCUT2D eigenvalue weighted by molar-refractivity contribution is -0.114. The number of halogens is 2. The summed E-state index contributed by atoms with van der Waals surface area (Å²) in [5.74, 6) is -0.173. The molecule has 0 radical (unpaired) electrons. The van der Waals surface area contributed by atoms with E-state index in [1.54, 1.807) is 13.2 Å². The molecule has 0 aliphatic heterocycles. The molecular formula is C23H17Cl2N5O6. The summed E-state index contributed by atoms with van der Waals surface area (Å²) in [7, 11) is 1.55. The molecule has 36 heavy (non-hydrogen) atoms. The maximum Gasteiger partial charge on any atom is 0.411 e. The zero-order valence-corrected chi connectivity index (χ0v) is 20.0. The number of nitrogens with zero attached hydrogens (tertiary/aromatic N) is 3. The summed E-state index contributed by atoms with van der Waals surface area (Å²) in [4.78, 5) is 34.5. The molecule has 3 N–H and O–H groups in total. The Kier molecular flexibility index (Phi) is 8.51. The second kappa shape index (κ2) is 11.7. The molecule has 0 spiro atoms. The lowest BCUT2D eigenvalue weighted by Gasteiger charge is -2.13. The van der Waals surface area contributed by atoms with Gasteiger partial charge in [-0.1, -0.05) is 35.3 Å². The highest BCUT2D eigenvalue weighted by Crippen LogP contribution is 2.38. The highest BCUT2D eigenvalue weighted by molar-refractivity contribution is 6.46. The predicted octanol–water partition coefficient (Wildman–Crippen LogP) is 4.09. The van der Waals surface area contributed by atoms with E-state index in [0.29, 0.717) is 5.75 Å². The molecule has 0 saturated carbocycles. The third kappa shape index (κ3) is 6.75. The summed E-state index contributed by atoms with van der Waals surface area (Å²) in [6, 6.07) is 14.3. The lowest BCUT2D eigenvalue weighted by atomic mass is 10.2. The van der Waals surface area contributed by atoms with Gasteiger partial charge in [0.05, 0.1) is 35.6 Å². The van der Waals surface area contributed by atoms with Crippen LogP contribution in [0.25, 0.3) is 0 Å². The van der Waals surface area contributed by atoms with Gasteiger partial charge in [0.2, 0.25) is 5.71 Å². The summed E-state index contributed by atoms with van der Waals surface area (Å²) in [5, 5.41) is 22.7. The van der Waals surface area contributed by atoms with Gasteiger partial charge >= 0.3 is 6.09 Å². The number of carbonyl (C=O) groups excluding carboxylic acids is 1. The quantitative estimate of drug-likeness (QED) is 0.291. The van der Waals surface area contributed by atoms with Gasteiger partial charge in [0.25, 0.3) is 11.5 Å². The van der Waals surface area contributed by atoms with Gasteiger partial charge in [0.15, 0.2) is 5.75 Å². The standard InChI is InChI=1S/C23H17Cl2N5O6/c1-35-15-4-2-3-13(7-15)11-30-12-16(5-6-20(30)31)36-21-17(24)8-14(9-18(21)25)28-29-19(10-26)22(32)27-23(33)34/h2-9,12,28H,11H2,1H3,(H,27,32)(H,33,34). The number of ether oxygens (including phenoxy) is 2. The maximum absolute atomic E-state index is 12.3. The van der Waals surface area contributed by atoms with E-state index in [1.165, 1.54) is 46.4 Å². The predicted molar refractivity (Wildman–Crippen MR) is 132 cm³/mol. The van der Waals surface area contributed by atoms with Gasteiger partial charge < -0.3 is 19.1 Å². The van der Waals surface area contributed by atoms with E-state index in [4.69, 9.17) is 43.0 Å². The zero-order chi connectivity index (χ0) is 26.2. The largest absolute Gasteiger partial charge is 0.497 e. The first-order valence-electron chi connectivity index (χ1n) is 9.98. The fourth-order valence-electron chi connectivity index (χ4n) is 2.90. The van der Waals surface area contributed by atoms with E-state index in [1.807, 2.05) is 18.2 Å². The highest BCUT2D eigenvalue weighted by atomic mass is 35.5. The third-order valence-corrected chi connectivity index (χ3v) is 5.06. The minimum Gasteiger partial charge on any atom is -0.497 e. The van der Waals surface area contributed by atoms with Crippen molar-refractivity contribution in [3.63, 3.8) is 0 Å². The fraction of sp³-hybridized carbons (Fsp3) is 0.0870. The molecule has 0 aliphatic carbocycles. The van der Waals surface area contributed by atoms with Crippen molar-refractivity contribution in [1.82, 2.24) is 9.88 Å². The number of hydrogen-bond acceptors (Lipinski definition) is 8. The van der Waals surface area contributed by atoms with Crippen LogP contribution in [0.15, 0.2) is 64.6 Å². The summed E-state index contributed by atoms with van der Waals surface area (Å²) < 4.78 is 12.5. The minimum atomic E-state index is -1.63. The van der Waals surface area contributed by atoms with Gasteiger partial charge in [0, 0.05) is 6.07 Å². The molecule has 13 heteroatoms. The van der Waals surface area contributed by atoms with Crippen LogP contribution in [0.5, 0.6) is 17.2 Å². The Morgan fingerprint density at radius 1 is 1.14 bits per heavy atom. The monoisotopic (exact) mass is 529 g/mol. The Hall–Kier alpha value is -4.53. The number of imide groups is 1. The SMILES string of the molecule is COc1cccc(Cn2cc(Oc3c(Cl)cc(NN=C(C#N)C(=O)NC(=O)O)cc3Cl)ccc2=O)c1. The topological polar surface area (TPSA) is 155 Å². The fourth-order valence-corrected chi connectivity index (χ4v) is 3.47. The van der Waals surface area contributed by atoms with Crippen molar-refractivity contribution in [2.45, 2.75) is 6.54 Å². The summed E-state index contributed by atoms with van der Waals surface area (Å²) in [6.07, 6.45) is -0.129. The van der Waals surface area contributed by atoms with E-state index in [2.05, 4.69) is 10.5 Å². The molecule has 3 rings (SSSR count). The van der Waals surface area contributed by atoms with Crippen molar-refractivity contribution in [2.24, 2.45) is 5.10 Å². The number of methoxy groups -OCH3 is 1. The number of hydrazone groups is 1. The van der Waals surface area contributed by atoms with Crippen LogP contribution in [0.2, 0.25) is 10.0 Å². The molecule has 2 aromatic carbocycles. The average molecular weight is 530 g/mol. The molecule has 1 heterocycles. The van der Waals surface area contributed by atoms with Crippen molar-refractivity contribution in [1.29, 1.82) is 5.26 Å². The van der Waals surface area contributed by atoms with Crippen molar-refractivity contribution in [3.8, 4) is 23.3 Å². The van der Waals surface area contributed by atoms with Crippen LogP contribution in [-0.4, -0.2) is 34.5 Å². The van der Waals surface area contributed by atoms with Crippen molar-refractivity contribution in [2.75, 3.05) is 12.5 Å². The summed E-state index contributed by atoms with van der Waals surface area (Å²) in [5.41, 5.74) is 2.46. The second-order valence-electron chi connectivity index (χ2n) is 7.00. The van der Waals surface area contributed by atoms with Crippen LogP contribution in [-0.2, 0) is 11.3 Å². The highest BCUT2D eigenvalue weighted by Gasteiger charge is 2.15. The smallest absolute Gasteiger partial charge is 0.411 e. The Balaban J connectivity index is 1.80. The zero-order valence-electron chi connectivity index (χ0n) is 18.5. The number of aromatic nitrogens is 1. The number of rotatable bonds is 8. The number of anilines is 1. The van der Waals surface area contributed by atoms with Gasteiger partial charge in [-0.05, 0) is 35.9 Å². The number of hydrogen-bond donors (Lipinski definition) is 3. The van der Waals surface area contributed by atoms with Crippen LogP contribution >= 0.6 is 23.2 Å². The van der Waals surface area contributed by atoms with Crippen molar-refractivity contribution < 1.29 is 24.2 Å². The van der Waals surface area contributed by atoms with E-state index in [0.717, 1.165) is 5.56 Å². The third-order valence-electron chi connectivity index (χ3n) is 4.50. The lowest BCUT2D eigenvalue weighted by Crippen LogP contribution is -2.34. The van der Waals surface area contributed by atoms with E-state index in [-0.39, 0.29) is 39.3 Å². The first-order valence-corrected chi connectivity index (χ1v) is 10.7. The van der Waals surface area contributed by atoms with Gasteiger partial charge in [-0.3, -0.25) is 20.3 Å². The van der Waals surface area contributed by atoms with Crippen LogP contribution in [0.3, 0.4) is 0 Å². The minimum absolute atomic E-state index is 0.0549.